The molecule has 0 saturated carbocycles. The van der Waals surface area contributed by atoms with Gasteiger partial charge in [0.25, 0.3) is 0 Å². The van der Waals surface area contributed by atoms with Crippen molar-refractivity contribution in [1.82, 2.24) is 10.2 Å². The summed E-state index contributed by atoms with van der Waals surface area (Å²) >= 11 is 0. The number of aliphatic carboxylic acids is 1. The van der Waals surface area contributed by atoms with E-state index in [0.29, 0.717) is 26.3 Å². The summed E-state index contributed by atoms with van der Waals surface area (Å²) in [5, 5.41) is 19.7. The molecule has 0 aromatic carbocycles. The molecule has 0 aromatic rings. The molecule has 8 nitrogen and oxygen atoms in total. The molecule has 0 radical (unpaired) electrons. The van der Waals surface area contributed by atoms with Gasteiger partial charge in [-0.15, -0.1) is 0 Å². The van der Waals surface area contributed by atoms with Gasteiger partial charge in [-0.25, -0.2) is 9.59 Å². The Morgan fingerprint density at radius 3 is 2.06 bits per heavy atom. The Kier molecular flexibility index (Phi) is 8.89. The van der Waals surface area contributed by atoms with Crippen LogP contribution in [-0.4, -0.2) is 80.3 Å². The van der Waals surface area contributed by atoms with Gasteiger partial charge in [-0.3, -0.25) is 0 Å². The van der Waals surface area contributed by atoms with Crippen molar-refractivity contribution < 1.29 is 29.3 Å². The number of aliphatic hydroxyl groups excluding tert-OH is 1. The molecular formula is C10H20N2O6. The highest BCUT2D eigenvalue weighted by molar-refractivity contribution is 5.82. The Morgan fingerprint density at radius 2 is 1.72 bits per heavy atom. The van der Waals surface area contributed by atoms with Gasteiger partial charge in [0.05, 0.1) is 19.8 Å². The lowest BCUT2D eigenvalue weighted by molar-refractivity contribution is -0.140. The molecule has 2 amide bonds. The molecule has 0 aliphatic rings. The number of carboxylic acids is 1. The normalized spacial score (nSPS) is 11.9. The summed E-state index contributed by atoms with van der Waals surface area (Å²) in [7, 11) is 3.00. The summed E-state index contributed by atoms with van der Waals surface area (Å²) in [6.45, 7) is 0.610. The molecule has 0 heterocycles. The van der Waals surface area contributed by atoms with Crippen LogP contribution in [0.4, 0.5) is 4.79 Å². The zero-order valence-corrected chi connectivity index (χ0v) is 10.6. The van der Waals surface area contributed by atoms with Gasteiger partial charge in [-0.2, -0.15) is 0 Å². The lowest BCUT2D eigenvalue weighted by atomic mass is 10.3. The van der Waals surface area contributed by atoms with Crippen molar-refractivity contribution >= 4 is 12.0 Å². The van der Waals surface area contributed by atoms with Crippen LogP contribution >= 0.6 is 0 Å². The lowest BCUT2D eigenvalue weighted by Gasteiger charge is -2.24. The van der Waals surface area contributed by atoms with Crippen LogP contribution in [0.5, 0.6) is 0 Å². The number of nitrogens with one attached hydrogen (secondary N) is 1. The summed E-state index contributed by atoms with van der Waals surface area (Å²) < 4.78 is 9.71. The minimum atomic E-state index is -1.31. The average molecular weight is 264 g/mol. The zero-order chi connectivity index (χ0) is 14.0. The molecule has 18 heavy (non-hydrogen) atoms. The van der Waals surface area contributed by atoms with E-state index in [-0.39, 0.29) is 0 Å². The number of urea groups is 1. The number of amides is 2. The second kappa shape index (κ2) is 9.63. The first kappa shape index (κ1) is 16.6. The third kappa shape index (κ3) is 6.38. The molecule has 1 atom stereocenters. The van der Waals surface area contributed by atoms with E-state index in [4.69, 9.17) is 19.7 Å². The van der Waals surface area contributed by atoms with E-state index in [9.17, 15) is 9.59 Å². The van der Waals surface area contributed by atoms with E-state index in [1.807, 2.05) is 0 Å². The lowest BCUT2D eigenvalue weighted by Crippen LogP contribution is -2.51. The van der Waals surface area contributed by atoms with E-state index in [1.54, 1.807) is 0 Å². The molecule has 0 fully saturated rings. The predicted octanol–water partition coefficient (Wildman–Crippen LogP) is -1.26. The third-order valence-corrected chi connectivity index (χ3v) is 2.20. The highest BCUT2D eigenvalue weighted by Gasteiger charge is 2.22. The highest BCUT2D eigenvalue weighted by atomic mass is 16.5. The molecule has 0 unspecified atom stereocenters. The summed E-state index contributed by atoms with van der Waals surface area (Å²) in [5.74, 6) is -1.29. The van der Waals surface area contributed by atoms with Crippen molar-refractivity contribution in [1.29, 1.82) is 0 Å². The fraction of sp³-hybridized carbons (Fsp3) is 0.800. The quantitative estimate of drug-likeness (QED) is 0.479. The van der Waals surface area contributed by atoms with E-state index in [2.05, 4.69) is 5.32 Å². The van der Waals surface area contributed by atoms with Crippen molar-refractivity contribution in [3.8, 4) is 0 Å². The van der Waals surface area contributed by atoms with Crippen molar-refractivity contribution in [3.63, 3.8) is 0 Å². The molecule has 106 valence electrons. The van der Waals surface area contributed by atoms with Crippen LogP contribution in [-0.2, 0) is 14.3 Å². The van der Waals surface area contributed by atoms with Gasteiger partial charge >= 0.3 is 12.0 Å². The minimum Gasteiger partial charge on any atom is -0.480 e. The minimum absolute atomic E-state index is 0.309. The van der Waals surface area contributed by atoms with Crippen LogP contribution in [0.1, 0.15) is 0 Å². The van der Waals surface area contributed by atoms with E-state index >= 15 is 0 Å². The van der Waals surface area contributed by atoms with Crippen LogP contribution in [0.3, 0.4) is 0 Å². The van der Waals surface area contributed by atoms with E-state index < -0.39 is 24.6 Å². The largest absolute Gasteiger partial charge is 0.480 e. The number of carboxylic acid groups (broad SMARTS) is 1. The van der Waals surface area contributed by atoms with Gasteiger partial charge < -0.3 is 29.9 Å². The first-order valence-corrected chi connectivity index (χ1v) is 5.43. The molecule has 8 heteroatoms. The number of aliphatic hydroxyl groups is 1. The molecule has 0 aromatic heterocycles. The Bertz CT molecular complexity index is 253. The number of nitrogens with zero attached hydrogens (tertiary/aromatic N) is 1. The van der Waals surface area contributed by atoms with Crippen molar-refractivity contribution in [2.75, 3.05) is 47.1 Å². The van der Waals surface area contributed by atoms with Crippen LogP contribution in [0.15, 0.2) is 0 Å². The molecule has 0 bridgehead atoms. The second-order valence-corrected chi connectivity index (χ2v) is 3.50. The Morgan fingerprint density at radius 1 is 1.22 bits per heavy atom. The highest BCUT2D eigenvalue weighted by Crippen LogP contribution is 1.93. The van der Waals surface area contributed by atoms with Crippen LogP contribution in [0.25, 0.3) is 0 Å². The van der Waals surface area contributed by atoms with Gasteiger partial charge in [-0.05, 0) is 0 Å². The molecule has 0 rings (SSSR count). The number of carbonyl (C=O) groups is 2. The summed E-state index contributed by atoms with van der Waals surface area (Å²) in [4.78, 5) is 23.8. The first-order valence-electron chi connectivity index (χ1n) is 5.43. The summed E-state index contributed by atoms with van der Waals surface area (Å²) in [6, 6.07) is -1.89. The van der Waals surface area contributed by atoms with Gasteiger partial charge in [0.1, 0.15) is 0 Å². The molecule has 0 aliphatic heterocycles. The number of methoxy groups -OCH3 is 2. The maximum Gasteiger partial charge on any atom is 0.328 e. The number of ether oxygens (including phenoxy) is 2. The van der Waals surface area contributed by atoms with Crippen LogP contribution in [0, 0.1) is 0 Å². The van der Waals surface area contributed by atoms with Gasteiger partial charge in [0, 0.05) is 27.3 Å². The number of hydrogen-bond donors (Lipinski definition) is 3. The van der Waals surface area contributed by atoms with Gasteiger partial charge in [-0.1, -0.05) is 0 Å². The third-order valence-electron chi connectivity index (χ3n) is 2.20. The number of hydrogen-bond acceptors (Lipinski definition) is 5. The fourth-order valence-corrected chi connectivity index (χ4v) is 1.14. The number of rotatable bonds is 9. The first-order chi connectivity index (χ1) is 8.56. The van der Waals surface area contributed by atoms with Crippen LogP contribution in [0.2, 0.25) is 0 Å². The van der Waals surface area contributed by atoms with E-state index in [0.717, 1.165) is 0 Å². The summed E-state index contributed by atoms with van der Waals surface area (Å²) in [6.07, 6.45) is 0. The molecular weight excluding hydrogens is 244 g/mol. The standard InChI is InChI=1S/C10H20N2O6/c1-17-5-3-12(4-6-18-2)10(16)11-8(7-13)9(14)15/h8,13H,3-7H2,1-2H3,(H,11,16)(H,14,15)/t8-/m0/s1. The van der Waals surface area contributed by atoms with Gasteiger partial charge in [0.2, 0.25) is 0 Å². The predicted molar refractivity (Wildman–Crippen MR) is 62.4 cm³/mol. The van der Waals surface area contributed by atoms with Crippen molar-refractivity contribution in [2.24, 2.45) is 0 Å². The fourth-order valence-electron chi connectivity index (χ4n) is 1.14. The maximum atomic E-state index is 11.8. The number of carbonyl (C=O) groups excluding carboxylic acids is 1. The van der Waals surface area contributed by atoms with Crippen LogP contribution < -0.4 is 5.32 Å². The monoisotopic (exact) mass is 264 g/mol. The summed E-state index contributed by atoms with van der Waals surface area (Å²) in [5.41, 5.74) is 0. The van der Waals surface area contributed by atoms with Crippen molar-refractivity contribution in [3.05, 3.63) is 0 Å². The Balaban J connectivity index is 4.37. The van der Waals surface area contributed by atoms with Crippen molar-refractivity contribution in [2.45, 2.75) is 6.04 Å². The zero-order valence-electron chi connectivity index (χ0n) is 10.6. The maximum absolute atomic E-state index is 11.8. The smallest absolute Gasteiger partial charge is 0.328 e. The Hall–Kier alpha value is -1.38. The molecule has 0 spiro atoms. The topological polar surface area (TPSA) is 108 Å². The Labute approximate surface area is 105 Å². The molecule has 0 aliphatic carbocycles. The second-order valence-electron chi connectivity index (χ2n) is 3.50. The molecule has 0 saturated heterocycles. The van der Waals surface area contributed by atoms with E-state index in [1.165, 1.54) is 19.1 Å². The van der Waals surface area contributed by atoms with Gasteiger partial charge in [0.15, 0.2) is 6.04 Å². The molecule has 3 N–H and O–H groups in total. The SMILES string of the molecule is COCCN(CCOC)C(=O)N[C@@H](CO)C(=O)O. The average Bonchev–Trinajstić information content (AvgIpc) is 2.35.